The Bertz CT molecular complexity index is 735. The number of nitrogens with zero attached hydrogens (tertiary/aromatic N) is 3. The molecule has 6 nitrogen and oxygen atoms in total. The van der Waals surface area contributed by atoms with Crippen LogP contribution in [0.15, 0.2) is 42.7 Å². The van der Waals surface area contributed by atoms with Gasteiger partial charge in [-0.2, -0.15) is 5.10 Å². The van der Waals surface area contributed by atoms with Gasteiger partial charge in [-0.3, -0.25) is 9.48 Å². The molecule has 0 saturated heterocycles. The number of carbonyl (C=O) groups excluding carboxylic acids is 1. The van der Waals surface area contributed by atoms with Gasteiger partial charge in [-0.05, 0) is 25.1 Å². The summed E-state index contributed by atoms with van der Waals surface area (Å²) in [7, 11) is 0. The molecular formula is C16H19N5OS. The van der Waals surface area contributed by atoms with Crippen molar-refractivity contribution < 1.29 is 4.79 Å². The minimum atomic E-state index is 0.0331. The lowest BCUT2D eigenvalue weighted by atomic mass is 10.3. The first-order valence-corrected chi connectivity index (χ1v) is 8.64. The van der Waals surface area contributed by atoms with Crippen LogP contribution in [0.25, 0.3) is 11.0 Å². The number of aromatic nitrogens is 4. The number of benzene rings is 1. The van der Waals surface area contributed by atoms with Crippen LogP contribution in [0.2, 0.25) is 0 Å². The molecule has 0 fully saturated rings. The second kappa shape index (κ2) is 7.32. The Morgan fingerprint density at radius 3 is 3.04 bits per heavy atom. The van der Waals surface area contributed by atoms with Gasteiger partial charge in [-0.1, -0.05) is 12.1 Å². The molecule has 23 heavy (non-hydrogen) atoms. The number of amides is 1. The second-order valence-electron chi connectivity index (χ2n) is 5.39. The van der Waals surface area contributed by atoms with Gasteiger partial charge in [0.25, 0.3) is 0 Å². The Morgan fingerprint density at radius 1 is 1.39 bits per heavy atom. The fourth-order valence-electron chi connectivity index (χ4n) is 2.37. The molecule has 0 unspecified atom stereocenters. The number of imidazole rings is 1. The van der Waals surface area contributed by atoms with E-state index in [4.69, 9.17) is 0 Å². The number of para-hydroxylation sites is 2. The summed E-state index contributed by atoms with van der Waals surface area (Å²) in [6.45, 7) is 2.65. The summed E-state index contributed by atoms with van der Waals surface area (Å²) in [5.74, 6) is 2.04. The minimum absolute atomic E-state index is 0.0331. The Morgan fingerprint density at radius 2 is 2.26 bits per heavy atom. The van der Waals surface area contributed by atoms with Gasteiger partial charge in [-0.15, -0.1) is 11.8 Å². The van der Waals surface area contributed by atoms with Crippen molar-refractivity contribution in [2.75, 3.05) is 5.75 Å². The zero-order chi connectivity index (χ0) is 16.1. The van der Waals surface area contributed by atoms with Gasteiger partial charge in [0.2, 0.25) is 5.91 Å². The maximum absolute atomic E-state index is 12.0. The molecule has 2 aromatic heterocycles. The van der Waals surface area contributed by atoms with Crippen LogP contribution in [0.3, 0.4) is 0 Å². The van der Waals surface area contributed by atoms with Gasteiger partial charge in [0.05, 0.1) is 29.1 Å². The van der Waals surface area contributed by atoms with E-state index in [0.29, 0.717) is 18.1 Å². The zero-order valence-electron chi connectivity index (χ0n) is 12.9. The van der Waals surface area contributed by atoms with Crippen molar-refractivity contribution in [2.24, 2.45) is 0 Å². The summed E-state index contributed by atoms with van der Waals surface area (Å²) >= 11 is 1.55. The molecule has 0 aliphatic rings. The van der Waals surface area contributed by atoms with Crippen molar-refractivity contribution >= 4 is 28.7 Å². The van der Waals surface area contributed by atoms with Crippen LogP contribution in [0, 0.1) is 0 Å². The van der Waals surface area contributed by atoms with Crippen LogP contribution in [0.4, 0.5) is 0 Å². The quantitative estimate of drug-likeness (QED) is 0.697. The predicted molar refractivity (Wildman–Crippen MR) is 92.1 cm³/mol. The SMILES string of the molecule is C[C@H](Cn1cccn1)NC(=O)CSCc1nc2ccccc2[nH]1. The molecule has 0 spiro atoms. The summed E-state index contributed by atoms with van der Waals surface area (Å²) in [6, 6.07) is 9.84. The van der Waals surface area contributed by atoms with Crippen LogP contribution in [-0.2, 0) is 17.1 Å². The maximum Gasteiger partial charge on any atom is 0.230 e. The van der Waals surface area contributed by atoms with Crippen LogP contribution in [0.5, 0.6) is 0 Å². The smallest absolute Gasteiger partial charge is 0.230 e. The van der Waals surface area contributed by atoms with E-state index >= 15 is 0 Å². The summed E-state index contributed by atoms with van der Waals surface area (Å²) in [5.41, 5.74) is 1.99. The molecule has 2 heterocycles. The minimum Gasteiger partial charge on any atom is -0.351 e. The molecule has 3 rings (SSSR count). The Kier molecular flexibility index (Phi) is 4.97. The van der Waals surface area contributed by atoms with E-state index in [9.17, 15) is 4.79 Å². The van der Waals surface area contributed by atoms with Crippen LogP contribution >= 0.6 is 11.8 Å². The number of aromatic amines is 1. The summed E-state index contributed by atoms with van der Waals surface area (Å²) in [5, 5.41) is 7.11. The molecule has 3 aromatic rings. The first kappa shape index (κ1) is 15.6. The topological polar surface area (TPSA) is 75.6 Å². The Labute approximate surface area is 138 Å². The number of rotatable bonds is 7. The van der Waals surface area contributed by atoms with Crippen molar-refractivity contribution in [3.63, 3.8) is 0 Å². The first-order valence-electron chi connectivity index (χ1n) is 7.49. The predicted octanol–water partition coefficient (Wildman–Crippen LogP) is 2.20. The van der Waals surface area contributed by atoms with Crippen molar-refractivity contribution in [1.82, 2.24) is 25.1 Å². The highest BCUT2D eigenvalue weighted by Crippen LogP contribution is 2.14. The number of carbonyl (C=O) groups is 1. The molecule has 0 bridgehead atoms. The van der Waals surface area contributed by atoms with Gasteiger partial charge < -0.3 is 10.3 Å². The Hall–Kier alpha value is -2.28. The lowest BCUT2D eigenvalue weighted by Gasteiger charge is -2.13. The lowest BCUT2D eigenvalue weighted by Crippen LogP contribution is -2.36. The highest BCUT2D eigenvalue weighted by Gasteiger charge is 2.09. The zero-order valence-corrected chi connectivity index (χ0v) is 13.7. The molecule has 1 aromatic carbocycles. The van der Waals surface area contributed by atoms with Crippen molar-refractivity contribution in [1.29, 1.82) is 0 Å². The van der Waals surface area contributed by atoms with Crippen molar-refractivity contribution in [3.05, 3.63) is 48.5 Å². The number of hydrogen-bond donors (Lipinski definition) is 2. The van der Waals surface area contributed by atoms with Crippen LogP contribution in [0.1, 0.15) is 12.7 Å². The van der Waals surface area contributed by atoms with E-state index < -0.39 is 0 Å². The number of hydrogen-bond acceptors (Lipinski definition) is 4. The number of thioether (sulfide) groups is 1. The van der Waals surface area contributed by atoms with E-state index in [0.717, 1.165) is 16.9 Å². The number of nitrogens with one attached hydrogen (secondary N) is 2. The van der Waals surface area contributed by atoms with E-state index in [-0.39, 0.29) is 11.9 Å². The van der Waals surface area contributed by atoms with Crippen molar-refractivity contribution in [3.8, 4) is 0 Å². The lowest BCUT2D eigenvalue weighted by molar-refractivity contribution is -0.119. The normalized spacial score (nSPS) is 12.4. The molecule has 120 valence electrons. The van der Waals surface area contributed by atoms with Crippen LogP contribution in [-0.4, -0.2) is 37.5 Å². The van der Waals surface area contributed by atoms with Gasteiger partial charge in [-0.25, -0.2) is 4.98 Å². The highest BCUT2D eigenvalue weighted by molar-refractivity contribution is 7.99. The average Bonchev–Trinajstić information content (AvgIpc) is 3.15. The molecule has 7 heteroatoms. The largest absolute Gasteiger partial charge is 0.351 e. The summed E-state index contributed by atoms with van der Waals surface area (Å²) < 4.78 is 1.81. The fraction of sp³-hybridized carbons (Fsp3) is 0.312. The van der Waals surface area contributed by atoms with E-state index in [1.54, 1.807) is 18.0 Å². The second-order valence-corrected chi connectivity index (χ2v) is 6.38. The summed E-state index contributed by atoms with van der Waals surface area (Å²) in [6.07, 6.45) is 3.62. The van der Waals surface area contributed by atoms with Gasteiger partial charge >= 0.3 is 0 Å². The first-order chi connectivity index (χ1) is 11.2. The Balaban J connectivity index is 1.42. The average molecular weight is 329 g/mol. The van der Waals surface area contributed by atoms with E-state index in [2.05, 4.69) is 20.4 Å². The molecule has 2 N–H and O–H groups in total. The third-order valence-corrected chi connectivity index (χ3v) is 4.28. The van der Waals surface area contributed by atoms with E-state index in [1.807, 2.05) is 48.1 Å². The molecule has 0 aliphatic carbocycles. The standard InChI is InChI=1S/C16H19N5OS/c1-12(9-21-8-4-7-17-21)18-16(22)11-23-10-15-19-13-5-2-3-6-14(13)20-15/h2-8,12H,9-11H2,1H3,(H,18,22)(H,19,20)/t12-/m1/s1. The number of fused-ring (bicyclic) bond motifs is 1. The van der Waals surface area contributed by atoms with Gasteiger partial charge in [0.1, 0.15) is 5.82 Å². The molecular weight excluding hydrogens is 310 g/mol. The van der Waals surface area contributed by atoms with Gasteiger partial charge in [0, 0.05) is 18.4 Å². The van der Waals surface area contributed by atoms with Crippen molar-refractivity contribution in [2.45, 2.75) is 25.3 Å². The molecule has 0 radical (unpaired) electrons. The number of H-pyrrole nitrogens is 1. The molecule has 0 saturated carbocycles. The maximum atomic E-state index is 12.0. The highest BCUT2D eigenvalue weighted by atomic mass is 32.2. The fourth-order valence-corrected chi connectivity index (χ4v) is 3.07. The molecule has 1 amide bonds. The molecule has 0 aliphatic heterocycles. The third kappa shape index (κ3) is 4.35. The molecule has 1 atom stereocenters. The monoisotopic (exact) mass is 329 g/mol. The van der Waals surface area contributed by atoms with E-state index in [1.165, 1.54) is 0 Å². The third-order valence-electron chi connectivity index (χ3n) is 3.34. The summed E-state index contributed by atoms with van der Waals surface area (Å²) in [4.78, 5) is 19.7. The van der Waals surface area contributed by atoms with Crippen LogP contribution < -0.4 is 5.32 Å². The van der Waals surface area contributed by atoms with Gasteiger partial charge in [0.15, 0.2) is 0 Å².